The quantitative estimate of drug-likeness (QED) is 0.184. The van der Waals surface area contributed by atoms with Gasteiger partial charge in [-0.05, 0) is 26.9 Å². The Morgan fingerprint density at radius 1 is 0.667 bits per heavy atom. The van der Waals surface area contributed by atoms with E-state index in [0.717, 1.165) is 12.8 Å². The fourth-order valence-corrected chi connectivity index (χ4v) is 3.19. The van der Waals surface area contributed by atoms with Crippen LogP contribution in [0.25, 0.3) is 0 Å². The number of nitrogens with zero attached hydrogens (tertiary/aromatic N) is 1. The average Bonchev–Trinajstić information content (AvgIpc) is 2.69. The molecule has 0 aliphatic rings. The molecule has 0 fully saturated rings. The van der Waals surface area contributed by atoms with Crippen molar-refractivity contribution < 1.29 is 14.3 Å². The standard InChI is InChI=1S/C18H37NO.C7H15NO2/c1-2-3-4-5-6-7-8-9-10-11-12-13-14-15-16-17-18(19)20;1-4-5-10-7(9)6-8(2)3/h2-17H2,1H3,(H2,19,20);4-6H2,1-3H3. The minimum Gasteiger partial charge on any atom is -0.465 e. The summed E-state index contributed by atoms with van der Waals surface area (Å²) in [5.41, 5.74) is 5.11. The van der Waals surface area contributed by atoms with Gasteiger partial charge in [-0.15, -0.1) is 0 Å². The molecule has 0 saturated carbocycles. The van der Waals surface area contributed by atoms with Crippen molar-refractivity contribution in [3.05, 3.63) is 0 Å². The van der Waals surface area contributed by atoms with Crippen LogP contribution in [0.3, 0.4) is 0 Å². The first-order chi connectivity index (χ1) is 14.4. The number of carbonyl (C=O) groups excluding carboxylic acids is 2. The number of hydrogen-bond donors (Lipinski definition) is 1. The van der Waals surface area contributed by atoms with Crippen molar-refractivity contribution in [3.8, 4) is 0 Å². The predicted molar refractivity (Wildman–Crippen MR) is 129 cm³/mol. The topological polar surface area (TPSA) is 72.6 Å². The SMILES string of the molecule is CCCCCCCCCCCCCCCCCC(N)=O.CCCOC(=O)CN(C)C. The molecule has 0 heterocycles. The molecule has 5 heteroatoms. The largest absolute Gasteiger partial charge is 0.465 e. The van der Waals surface area contributed by atoms with E-state index < -0.39 is 0 Å². The van der Waals surface area contributed by atoms with Crippen LogP contribution in [-0.4, -0.2) is 44.0 Å². The van der Waals surface area contributed by atoms with Gasteiger partial charge < -0.3 is 10.5 Å². The zero-order chi connectivity index (χ0) is 22.9. The first-order valence-corrected chi connectivity index (χ1v) is 12.5. The summed E-state index contributed by atoms with van der Waals surface area (Å²) in [5.74, 6) is -0.299. The number of primary amides is 1. The van der Waals surface area contributed by atoms with Crippen LogP contribution in [-0.2, 0) is 14.3 Å². The second kappa shape index (κ2) is 25.9. The van der Waals surface area contributed by atoms with Crippen LogP contribution in [0.5, 0.6) is 0 Å². The number of likely N-dealkylation sites (N-methyl/N-ethyl adjacent to an activating group) is 1. The van der Waals surface area contributed by atoms with Gasteiger partial charge >= 0.3 is 5.97 Å². The normalized spacial score (nSPS) is 10.6. The number of unbranched alkanes of at least 4 members (excludes halogenated alkanes) is 14. The van der Waals surface area contributed by atoms with Crippen LogP contribution in [0, 0.1) is 0 Å². The lowest BCUT2D eigenvalue weighted by Gasteiger charge is -2.07. The van der Waals surface area contributed by atoms with Gasteiger partial charge in [-0.2, -0.15) is 0 Å². The molecule has 0 aliphatic carbocycles. The first-order valence-electron chi connectivity index (χ1n) is 12.5. The van der Waals surface area contributed by atoms with Crippen molar-refractivity contribution in [2.75, 3.05) is 27.2 Å². The molecular formula is C25H52N2O3. The molecule has 0 unspecified atom stereocenters. The summed E-state index contributed by atoms with van der Waals surface area (Å²) in [6.07, 6.45) is 21.8. The van der Waals surface area contributed by atoms with Crippen LogP contribution < -0.4 is 5.73 Å². The van der Waals surface area contributed by atoms with Crippen LogP contribution in [0.2, 0.25) is 0 Å². The zero-order valence-electron chi connectivity index (χ0n) is 20.7. The lowest BCUT2D eigenvalue weighted by Crippen LogP contribution is -2.23. The lowest BCUT2D eigenvalue weighted by molar-refractivity contribution is -0.144. The Kier molecular flexibility index (Phi) is 26.9. The molecule has 180 valence electrons. The Balaban J connectivity index is 0. The van der Waals surface area contributed by atoms with Gasteiger partial charge in [-0.25, -0.2) is 0 Å². The van der Waals surface area contributed by atoms with Crippen molar-refractivity contribution in [1.29, 1.82) is 0 Å². The second-order valence-corrected chi connectivity index (χ2v) is 8.62. The minimum absolute atomic E-state index is 0.146. The van der Waals surface area contributed by atoms with Gasteiger partial charge in [0.2, 0.25) is 5.91 Å². The highest BCUT2D eigenvalue weighted by atomic mass is 16.5. The molecule has 0 aliphatic heterocycles. The van der Waals surface area contributed by atoms with Crippen LogP contribution >= 0.6 is 0 Å². The van der Waals surface area contributed by atoms with Crippen LogP contribution in [0.15, 0.2) is 0 Å². The van der Waals surface area contributed by atoms with E-state index in [1.165, 1.54) is 89.9 Å². The summed E-state index contributed by atoms with van der Waals surface area (Å²) >= 11 is 0. The smallest absolute Gasteiger partial charge is 0.320 e. The van der Waals surface area contributed by atoms with E-state index in [-0.39, 0.29) is 11.9 Å². The zero-order valence-corrected chi connectivity index (χ0v) is 20.7. The van der Waals surface area contributed by atoms with Crippen molar-refractivity contribution in [2.24, 2.45) is 5.73 Å². The Morgan fingerprint density at radius 3 is 1.40 bits per heavy atom. The van der Waals surface area contributed by atoms with E-state index in [2.05, 4.69) is 6.92 Å². The summed E-state index contributed by atoms with van der Waals surface area (Å²) in [4.78, 5) is 23.1. The Labute approximate surface area is 187 Å². The third kappa shape index (κ3) is 31.6. The van der Waals surface area contributed by atoms with Gasteiger partial charge in [0.25, 0.3) is 0 Å². The van der Waals surface area contributed by atoms with Crippen molar-refractivity contribution in [2.45, 2.75) is 123 Å². The van der Waals surface area contributed by atoms with Gasteiger partial charge in [0.05, 0.1) is 13.2 Å². The third-order valence-corrected chi connectivity index (χ3v) is 4.94. The maximum Gasteiger partial charge on any atom is 0.320 e. The number of rotatable bonds is 20. The number of nitrogens with two attached hydrogens (primary N) is 1. The molecule has 2 N–H and O–H groups in total. The summed E-state index contributed by atoms with van der Waals surface area (Å²) in [6, 6.07) is 0. The Bertz CT molecular complexity index is 373. The van der Waals surface area contributed by atoms with E-state index in [1.807, 2.05) is 21.0 Å². The lowest BCUT2D eigenvalue weighted by atomic mass is 10.0. The Morgan fingerprint density at radius 2 is 1.07 bits per heavy atom. The molecular weight excluding hydrogens is 376 g/mol. The van der Waals surface area contributed by atoms with E-state index >= 15 is 0 Å². The van der Waals surface area contributed by atoms with Crippen molar-refractivity contribution in [3.63, 3.8) is 0 Å². The van der Waals surface area contributed by atoms with Crippen LogP contribution in [0.4, 0.5) is 0 Å². The summed E-state index contributed by atoms with van der Waals surface area (Å²) in [7, 11) is 3.68. The second-order valence-electron chi connectivity index (χ2n) is 8.62. The maximum absolute atomic E-state index is 10.7. The molecule has 0 radical (unpaired) electrons. The molecule has 0 saturated heterocycles. The van der Waals surface area contributed by atoms with Gasteiger partial charge in [-0.3, -0.25) is 14.5 Å². The van der Waals surface area contributed by atoms with Crippen molar-refractivity contribution >= 4 is 11.9 Å². The molecule has 0 spiro atoms. The molecule has 0 atom stereocenters. The fourth-order valence-electron chi connectivity index (χ4n) is 3.19. The maximum atomic E-state index is 10.7. The average molecular weight is 429 g/mol. The Hall–Kier alpha value is -1.10. The van der Waals surface area contributed by atoms with E-state index in [1.54, 1.807) is 4.90 Å². The number of ether oxygens (including phenoxy) is 1. The van der Waals surface area contributed by atoms with E-state index in [0.29, 0.717) is 19.6 Å². The monoisotopic (exact) mass is 428 g/mol. The van der Waals surface area contributed by atoms with E-state index in [9.17, 15) is 9.59 Å². The summed E-state index contributed by atoms with van der Waals surface area (Å²) in [6.45, 7) is 5.16. The highest BCUT2D eigenvalue weighted by molar-refractivity contribution is 5.73. The van der Waals surface area contributed by atoms with Crippen molar-refractivity contribution in [1.82, 2.24) is 4.90 Å². The van der Waals surface area contributed by atoms with Gasteiger partial charge in [0, 0.05) is 6.42 Å². The molecule has 0 bridgehead atoms. The van der Waals surface area contributed by atoms with E-state index in [4.69, 9.17) is 10.5 Å². The number of hydrogen-bond acceptors (Lipinski definition) is 4. The number of carbonyl (C=O) groups is 2. The fraction of sp³-hybridized carbons (Fsp3) is 0.920. The number of esters is 1. The number of amides is 1. The summed E-state index contributed by atoms with van der Waals surface area (Å²) in [5, 5.41) is 0. The molecule has 0 aromatic carbocycles. The van der Waals surface area contributed by atoms with Gasteiger partial charge in [0.15, 0.2) is 0 Å². The minimum atomic E-state index is -0.153. The highest BCUT2D eigenvalue weighted by Gasteiger charge is 2.01. The molecule has 0 aromatic rings. The highest BCUT2D eigenvalue weighted by Crippen LogP contribution is 2.13. The van der Waals surface area contributed by atoms with Gasteiger partial charge in [-0.1, -0.05) is 104 Å². The molecule has 5 nitrogen and oxygen atoms in total. The predicted octanol–water partition coefficient (Wildman–Crippen LogP) is 6.23. The van der Waals surface area contributed by atoms with Gasteiger partial charge in [0.1, 0.15) is 0 Å². The first kappa shape index (κ1) is 31.1. The molecule has 30 heavy (non-hydrogen) atoms. The molecule has 0 aromatic heterocycles. The van der Waals surface area contributed by atoms with Crippen LogP contribution in [0.1, 0.15) is 123 Å². The molecule has 0 rings (SSSR count). The third-order valence-electron chi connectivity index (χ3n) is 4.94. The molecule has 1 amide bonds. The summed E-state index contributed by atoms with van der Waals surface area (Å²) < 4.78 is 4.82.